The molecule has 0 aliphatic carbocycles. The fraction of sp³-hybridized carbons (Fsp3) is 0.400. The lowest BCUT2D eigenvalue weighted by molar-refractivity contribution is -0.149. The Balaban J connectivity index is 2.43. The van der Waals surface area contributed by atoms with E-state index in [9.17, 15) is 14.4 Å². The fourth-order valence-corrected chi connectivity index (χ4v) is 1.94. The number of benzene rings is 1. The van der Waals surface area contributed by atoms with Gasteiger partial charge in [-0.25, -0.2) is 4.79 Å². The number of amides is 2. The monoisotopic (exact) mass is 292 g/mol. The van der Waals surface area contributed by atoms with Gasteiger partial charge in [0.05, 0.1) is 0 Å². The molecule has 0 spiro atoms. The molecular weight excluding hydrogens is 272 g/mol. The number of hydrogen-bond donors (Lipinski definition) is 2. The van der Waals surface area contributed by atoms with E-state index in [1.54, 1.807) is 31.2 Å². The van der Waals surface area contributed by atoms with Crippen molar-refractivity contribution in [3.8, 4) is 0 Å². The average molecular weight is 292 g/mol. The van der Waals surface area contributed by atoms with Crippen molar-refractivity contribution in [2.45, 2.75) is 25.8 Å². The minimum absolute atomic E-state index is 0.0683. The van der Waals surface area contributed by atoms with Crippen LogP contribution in [0.1, 0.15) is 30.1 Å². The molecule has 0 radical (unpaired) electrons. The van der Waals surface area contributed by atoms with Gasteiger partial charge in [0.15, 0.2) is 0 Å². The van der Waals surface area contributed by atoms with Crippen molar-refractivity contribution in [2.75, 3.05) is 13.6 Å². The molecule has 1 unspecified atom stereocenters. The van der Waals surface area contributed by atoms with Crippen LogP contribution in [0.4, 0.5) is 0 Å². The summed E-state index contributed by atoms with van der Waals surface area (Å²) in [5, 5.41) is 11.6. The molecule has 1 aromatic rings. The van der Waals surface area contributed by atoms with Crippen LogP contribution in [0.15, 0.2) is 30.3 Å². The number of carbonyl (C=O) groups is 3. The highest BCUT2D eigenvalue weighted by Crippen LogP contribution is 2.04. The minimum atomic E-state index is -1.03. The zero-order valence-corrected chi connectivity index (χ0v) is 12.2. The molecule has 1 rings (SSSR count). The van der Waals surface area contributed by atoms with Gasteiger partial charge in [-0.15, -0.1) is 0 Å². The van der Waals surface area contributed by atoms with Gasteiger partial charge in [0.2, 0.25) is 5.91 Å². The molecule has 0 saturated carbocycles. The Morgan fingerprint density at radius 1 is 1.24 bits per heavy atom. The van der Waals surface area contributed by atoms with Crippen LogP contribution >= 0.6 is 0 Å². The van der Waals surface area contributed by atoms with E-state index in [4.69, 9.17) is 5.11 Å². The van der Waals surface area contributed by atoms with E-state index in [2.05, 4.69) is 5.32 Å². The molecule has 0 aromatic heterocycles. The van der Waals surface area contributed by atoms with E-state index in [0.29, 0.717) is 12.0 Å². The number of hydrogen-bond acceptors (Lipinski definition) is 3. The Labute approximate surface area is 123 Å². The number of likely N-dealkylation sites (N-methyl/N-ethyl adjacent to an activating group) is 1. The number of carboxylic acid groups (broad SMARTS) is 1. The maximum absolute atomic E-state index is 11.9. The molecule has 0 bridgehead atoms. The van der Waals surface area contributed by atoms with Gasteiger partial charge in [-0.2, -0.15) is 0 Å². The Hall–Kier alpha value is -2.37. The van der Waals surface area contributed by atoms with Crippen molar-refractivity contribution in [2.24, 2.45) is 0 Å². The Kier molecular flexibility index (Phi) is 6.39. The number of carbonyl (C=O) groups excluding carboxylic acids is 2. The van der Waals surface area contributed by atoms with Crippen molar-refractivity contribution in [1.82, 2.24) is 10.2 Å². The number of nitrogens with one attached hydrogen (secondary N) is 1. The normalized spacial score (nSPS) is 11.5. The highest BCUT2D eigenvalue weighted by molar-refractivity contribution is 5.94. The van der Waals surface area contributed by atoms with Crippen LogP contribution in [-0.4, -0.2) is 47.4 Å². The second kappa shape index (κ2) is 8.04. The maximum atomic E-state index is 11.9. The van der Waals surface area contributed by atoms with Crippen LogP contribution in [0.3, 0.4) is 0 Å². The third kappa shape index (κ3) is 4.91. The minimum Gasteiger partial charge on any atom is -0.480 e. The van der Waals surface area contributed by atoms with E-state index in [1.807, 2.05) is 6.07 Å². The molecule has 2 amide bonds. The van der Waals surface area contributed by atoms with Gasteiger partial charge in [-0.1, -0.05) is 25.1 Å². The number of aliphatic carboxylic acids is 1. The van der Waals surface area contributed by atoms with Crippen molar-refractivity contribution in [3.63, 3.8) is 0 Å². The van der Waals surface area contributed by atoms with E-state index in [0.717, 1.165) is 0 Å². The predicted molar refractivity (Wildman–Crippen MR) is 77.9 cm³/mol. The zero-order valence-electron chi connectivity index (χ0n) is 12.2. The molecule has 0 fully saturated rings. The summed E-state index contributed by atoms with van der Waals surface area (Å²) in [5.74, 6) is -1.59. The van der Waals surface area contributed by atoms with Crippen molar-refractivity contribution < 1.29 is 19.5 Å². The molecule has 1 aromatic carbocycles. The maximum Gasteiger partial charge on any atom is 0.326 e. The largest absolute Gasteiger partial charge is 0.480 e. The molecule has 0 saturated heterocycles. The number of nitrogens with zero attached hydrogens (tertiary/aromatic N) is 1. The van der Waals surface area contributed by atoms with Gasteiger partial charge in [0.1, 0.15) is 6.04 Å². The van der Waals surface area contributed by atoms with Gasteiger partial charge < -0.3 is 15.3 Å². The predicted octanol–water partition coefficient (Wildman–Crippen LogP) is 1.13. The first-order chi connectivity index (χ1) is 9.97. The highest BCUT2D eigenvalue weighted by Gasteiger charge is 2.24. The van der Waals surface area contributed by atoms with E-state index >= 15 is 0 Å². The molecule has 6 nitrogen and oxygen atoms in total. The Morgan fingerprint density at radius 2 is 1.86 bits per heavy atom. The molecule has 1 atom stereocenters. The SMILES string of the molecule is CCC(C(=O)O)N(C)C(=O)CCNC(=O)c1ccccc1. The van der Waals surface area contributed by atoms with E-state index in [1.165, 1.54) is 11.9 Å². The summed E-state index contributed by atoms with van der Waals surface area (Å²) >= 11 is 0. The Bertz CT molecular complexity index is 502. The van der Waals surface area contributed by atoms with Gasteiger partial charge >= 0.3 is 5.97 Å². The fourth-order valence-electron chi connectivity index (χ4n) is 1.94. The molecule has 0 heterocycles. The summed E-state index contributed by atoms with van der Waals surface area (Å²) in [5.41, 5.74) is 0.523. The van der Waals surface area contributed by atoms with Crippen molar-refractivity contribution in [3.05, 3.63) is 35.9 Å². The molecule has 0 aliphatic rings. The second-order valence-electron chi connectivity index (χ2n) is 4.64. The summed E-state index contributed by atoms with van der Waals surface area (Å²) < 4.78 is 0. The van der Waals surface area contributed by atoms with Crippen LogP contribution < -0.4 is 5.32 Å². The van der Waals surface area contributed by atoms with Gasteiger partial charge in [-0.3, -0.25) is 9.59 Å². The quantitative estimate of drug-likeness (QED) is 0.788. The molecule has 114 valence electrons. The first-order valence-electron chi connectivity index (χ1n) is 6.79. The third-order valence-electron chi connectivity index (χ3n) is 3.19. The summed E-state index contributed by atoms with van der Waals surface area (Å²) in [7, 11) is 1.46. The van der Waals surface area contributed by atoms with Crippen LogP contribution in [0.5, 0.6) is 0 Å². The third-order valence-corrected chi connectivity index (χ3v) is 3.19. The van der Waals surface area contributed by atoms with E-state index in [-0.39, 0.29) is 24.8 Å². The van der Waals surface area contributed by atoms with Gasteiger partial charge in [0.25, 0.3) is 5.91 Å². The van der Waals surface area contributed by atoms with Gasteiger partial charge in [0, 0.05) is 25.6 Å². The summed E-state index contributed by atoms with van der Waals surface area (Å²) in [6.07, 6.45) is 0.410. The summed E-state index contributed by atoms with van der Waals surface area (Å²) in [4.78, 5) is 35.8. The molecule has 0 aliphatic heterocycles. The van der Waals surface area contributed by atoms with Crippen LogP contribution in [0, 0.1) is 0 Å². The van der Waals surface area contributed by atoms with Crippen LogP contribution in [0.25, 0.3) is 0 Å². The topological polar surface area (TPSA) is 86.7 Å². The molecule has 21 heavy (non-hydrogen) atoms. The van der Waals surface area contributed by atoms with E-state index < -0.39 is 12.0 Å². The number of carboxylic acids is 1. The smallest absolute Gasteiger partial charge is 0.326 e. The zero-order chi connectivity index (χ0) is 15.8. The summed E-state index contributed by atoms with van der Waals surface area (Å²) in [6, 6.07) is 7.86. The van der Waals surface area contributed by atoms with Crippen LogP contribution in [0.2, 0.25) is 0 Å². The molecule has 2 N–H and O–H groups in total. The lowest BCUT2D eigenvalue weighted by Gasteiger charge is -2.23. The summed E-state index contributed by atoms with van der Waals surface area (Å²) in [6.45, 7) is 1.88. The lowest BCUT2D eigenvalue weighted by atomic mass is 10.2. The first-order valence-corrected chi connectivity index (χ1v) is 6.79. The average Bonchev–Trinajstić information content (AvgIpc) is 2.48. The Morgan fingerprint density at radius 3 is 2.38 bits per heavy atom. The highest BCUT2D eigenvalue weighted by atomic mass is 16.4. The first kappa shape index (κ1) is 16.7. The van der Waals surface area contributed by atoms with Gasteiger partial charge in [-0.05, 0) is 18.6 Å². The second-order valence-corrected chi connectivity index (χ2v) is 4.64. The lowest BCUT2D eigenvalue weighted by Crippen LogP contribution is -2.43. The molecular formula is C15H20N2O4. The standard InChI is InChI=1S/C15H20N2O4/c1-3-12(15(20)21)17(2)13(18)9-10-16-14(19)11-7-5-4-6-8-11/h4-8,12H,3,9-10H2,1-2H3,(H,16,19)(H,20,21). The van der Waals surface area contributed by atoms with Crippen molar-refractivity contribution >= 4 is 17.8 Å². The number of rotatable bonds is 7. The molecule has 6 heteroatoms. The van der Waals surface area contributed by atoms with Crippen LogP contribution in [-0.2, 0) is 9.59 Å². The van der Waals surface area contributed by atoms with Crippen molar-refractivity contribution in [1.29, 1.82) is 0 Å².